The molecule has 1 aliphatic rings. The number of nitrogens with one attached hydrogen (secondary N) is 2. The molecule has 168 valence electrons. The van der Waals surface area contributed by atoms with Gasteiger partial charge in [0, 0.05) is 38.6 Å². The van der Waals surface area contributed by atoms with Crippen molar-refractivity contribution in [3.8, 4) is 11.5 Å². The molecule has 2 aromatic rings. The lowest BCUT2D eigenvalue weighted by molar-refractivity contribution is 0.0954. The highest BCUT2D eigenvalue weighted by molar-refractivity contribution is 14.0. The second-order valence-electron chi connectivity index (χ2n) is 6.88. The SMILES string of the molecule is CCNC(=NCCNC(=O)c1cccnc1)N1CCc2cc(OC)c(OC)cc2C1.I. The lowest BCUT2D eigenvalue weighted by Crippen LogP contribution is -2.44. The first-order chi connectivity index (χ1) is 14.7. The molecular weight excluding hydrogens is 509 g/mol. The third kappa shape index (κ3) is 6.46. The molecule has 3 rings (SSSR count). The maximum atomic E-state index is 12.1. The van der Waals surface area contributed by atoms with Crippen LogP contribution in [0.2, 0.25) is 0 Å². The van der Waals surface area contributed by atoms with E-state index in [1.165, 1.54) is 11.1 Å². The molecule has 0 bridgehead atoms. The molecule has 1 aliphatic heterocycles. The van der Waals surface area contributed by atoms with Gasteiger partial charge in [-0.05, 0) is 48.7 Å². The fourth-order valence-corrected chi connectivity index (χ4v) is 3.42. The molecule has 0 unspecified atom stereocenters. The van der Waals surface area contributed by atoms with Crippen LogP contribution in [-0.2, 0) is 13.0 Å². The number of rotatable bonds is 7. The largest absolute Gasteiger partial charge is 0.493 e. The summed E-state index contributed by atoms with van der Waals surface area (Å²) in [6.45, 7) is 5.36. The number of hydrogen-bond donors (Lipinski definition) is 2. The first-order valence-corrected chi connectivity index (χ1v) is 10.1. The first kappa shape index (κ1) is 24.7. The summed E-state index contributed by atoms with van der Waals surface area (Å²) in [4.78, 5) is 23.0. The van der Waals surface area contributed by atoms with Gasteiger partial charge in [0.25, 0.3) is 5.91 Å². The summed E-state index contributed by atoms with van der Waals surface area (Å²) in [6.07, 6.45) is 4.10. The fourth-order valence-electron chi connectivity index (χ4n) is 3.42. The highest BCUT2D eigenvalue weighted by atomic mass is 127. The zero-order chi connectivity index (χ0) is 21.3. The minimum atomic E-state index is -0.142. The number of halogens is 1. The minimum Gasteiger partial charge on any atom is -0.493 e. The minimum absolute atomic E-state index is 0. The molecule has 0 radical (unpaired) electrons. The topological polar surface area (TPSA) is 88.1 Å². The number of amides is 1. The van der Waals surface area contributed by atoms with E-state index in [9.17, 15) is 4.79 Å². The number of ether oxygens (including phenoxy) is 2. The van der Waals surface area contributed by atoms with Gasteiger partial charge in [-0.25, -0.2) is 0 Å². The van der Waals surface area contributed by atoms with Crippen molar-refractivity contribution >= 4 is 35.8 Å². The Bertz CT molecular complexity index is 892. The molecular formula is C22H30IN5O3. The third-order valence-electron chi connectivity index (χ3n) is 4.94. The number of carbonyl (C=O) groups excluding carboxylic acids is 1. The van der Waals surface area contributed by atoms with Crippen LogP contribution in [0.15, 0.2) is 41.7 Å². The Labute approximate surface area is 200 Å². The lowest BCUT2D eigenvalue weighted by atomic mass is 9.99. The van der Waals surface area contributed by atoms with Crippen molar-refractivity contribution in [2.45, 2.75) is 19.9 Å². The summed E-state index contributed by atoms with van der Waals surface area (Å²) in [5, 5.41) is 6.23. The van der Waals surface area contributed by atoms with Crippen LogP contribution in [0.1, 0.15) is 28.4 Å². The van der Waals surface area contributed by atoms with Crippen LogP contribution in [0.5, 0.6) is 11.5 Å². The third-order valence-corrected chi connectivity index (χ3v) is 4.94. The number of carbonyl (C=O) groups is 1. The van der Waals surface area contributed by atoms with E-state index in [2.05, 4.69) is 26.6 Å². The van der Waals surface area contributed by atoms with Crippen molar-refractivity contribution in [1.82, 2.24) is 20.5 Å². The van der Waals surface area contributed by atoms with E-state index in [1.54, 1.807) is 38.7 Å². The number of methoxy groups -OCH3 is 2. The van der Waals surface area contributed by atoms with Gasteiger partial charge in [-0.15, -0.1) is 24.0 Å². The number of guanidine groups is 1. The molecule has 0 atom stereocenters. The van der Waals surface area contributed by atoms with E-state index in [1.807, 2.05) is 13.0 Å². The molecule has 9 heteroatoms. The van der Waals surface area contributed by atoms with Crippen molar-refractivity contribution in [2.24, 2.45) is 4.99 Å². The van der Waals surface area contributed by atoms with Crippen LogP contribution in [0.3, 0.4) is 0 Å². The molecule has 0 saturated heterocycles. The van der Waals surface area contributed by atoms with Gasteiger partial charge in [0.2, 0.25) is 0 Å². The van der Waals surface area contributed by atoms with E-state index >= 15 is 0 Å². The molecule has 1 aromatic heterocycles. The van der Waals surface area contributed by atoms with E-state index in [0.29, 0.717) is 18.7 Å². The number of nitrogens with zero attached hydrogens (tertiary/aromatic N) is 3. The Morgan fingerprint density at radius 2 is 1.94 bits per heavy atom. The monoisotopic (exact) mass is 539 g/mol. The quantitative estimate of drug-likeness (QED) is 0.244. The van der Waals surface area contributed by atoms with Gasteiger partial charge in [0.15, 0.2) is 17.5 Å². The van der Waals surface area contributed by atoms with Gasteiger partial charge in [-0.2, -0.15) is 0 Å². The number of aliphatic imine (C=N–C) groups is 1. The number of aromatic nitrogens is 1. The van der Waals surface area contributed by atoms with E-state index in [4.69, 9.17) is 14.5 Å². The molecule has 1 aromatic carbocycles. The van der Waals surface area contributed by atoms with Crippen LogP contribution in [0, 0.1) is 0 Å². The van der Waals surface area contributed by atoms with Crippen molar-refractivity contribution in [1.29, 1.82) is 0 Å². The van der Waals surface area contributed by atoms with E-state index in [-0.39, 0.29) is 29.9 Å². The van der Waals surface area contributed by atoms with Gasteiger partial charge in [0.1, 0.15) is 0 Å². The van der Waals surface area contributed by atoms with E-state index in [0.717, 1.165) is 43.5 Å². The molecule has 31 heavy (non-hydrogen) atoms. The van der Waals surface area contributed by atoms with Gasteiger partial charge in [-0.1, -0.05) is 0 Å². The van der Waals surface area contributed by atoms with Crippen molar-refractivity contribution < 1.29 is 14.3 Å². The average Bonchev–Trinajstić information content (AvgIpc) is 2.80. The molecule has 0 spiro atoms. The second kappa shape index (κ2) is 12.3. The lowest BCUT2D eigenvalue weighted by Gasteiger charge is -2.32. The fraction of sp³-hybridized carbons (Fsp3) is 0.409. The first-order valence-electron chi connectivity index (χ1n) is 10.1. The Morgan fingerprint density at radius 3 is 2.58 bits per heavy atom. The van der Waals surface area contributed by atoms with Crippen LogP contribution < -0.4 is 20.1 Å². The standard InChI is InChI=1S/C22H29N5O3.HI/c1-4-24-22(26-10-9-25-21(28)17-6-5-8-23-14-17)27-11-7-16-12-19(29-2)20(30-3)13-18(16)15-27;/h5-6,8,12-14H,4,7,9-11,15H2,1-3H3,(H,24,26)(H,25,28);1H. The van der Waals surface area contributed by atoms with E-state index < -0.39 is 0 Å². The van der Waals surface area contributed by atoms with Crippen molar-refractivity contribution in [2.75, 3.05) is 40.4 Å². The molecule has 1 amide bonds. The molecule has 0 fully saturated rings. The Balaban J connectivity index is 0.00000341. The Hall–Kier alpha value is -2.56. The number of benzene rings is 1. The Morgan fingerprint density at radius 1 is 1.19 bits per heavy atom. The molecule has 8 nitrogen and oxygen atoms in total. The Kier molecular flexibility index (Phi) is 9.83. The number of pyridine rings is 1. The zero-order valence-electron chi connectivity index (χ0n) is 18.2. The van der Waals surface area contributed by atoms with Crippen molar-refractivity contribution in [3.05, 3.63) is 53.3 Å². The van der Waals surface area contributed by atoms with Crippen LogP contribution in [0.4, 0.5) is 0 Å². The van der Waals surface area contributed by atoms with Crippen molar-refractivity contribution in [3.63, 3.8) is 0 Å². The average molecular weight is 539 g/mol. The highest BCUT2D eigenvalue weighted by Gasteiger charge is 2.21. The van der Waals surface area contributed by atoms with Gasteiger partial charge in [0.05, 0.1) is 26.3 Å². The summed E-state index contributed by atoms with van der Waals surface area (Å²) in [5.74, 6) is 2.19. The molecule has 2 N–H and O–H groups in total. The van der Waals surface area contributed by atoms with Gasteiger partial charge in [-0.3, -0.25) is 14.8 Å². The zero-order valence-corrected chi connectivity index (χ0v) is 20.5. The summed E-state index contributed by atoms with van der Waals surface area (Å²) >= 11 is 0. The molecule has 2 heterocycles. The van der Waals surface area contributed by atoms with Crippen LogP contribution in [0.25, 0.3) is 0 Å². The number of hydrogen-bond acceptors (Lipinski definition) is 5. The smallest absolute Gasteiger partial charge is 0.252 e. The van der Waals surface area contributed by atoms with Gasteiger partial charge >= 0.3 is 0 Å². The maximum absolute atomic E-state index is 12.1. The van der Waals surface area contributed by atoms with Crippen LogP contribution >= 0.6 is 24.0 Å². The number of fused-ring (bicyclic) bond motifs is 1. The normalized spacial score (nSPS) is 13.0. The summed E-state index contributed by atoms with van der Waals surface area (Å²) < 4.78 is 10.9. The predicted octanol–water partition coefficient (Wildman–Crippen LogP) is 2.47. The predicted molar refractivity (Wildman–Crippen MR) is 132 cm³/mol. The highest BCUT2D eigenvalue weighted by Crippen LogP contribution is 2.33. The summed E-state index contributed by atoms with van der Waals surface area (Å²) in [7, 11) is 3.30. The second-order valence-corrected chi connectivity index (χ2v) is 6.88. The molecule has 0 aliphatic carbocycles. The summed E-state index contributed by atoms with van der Waals surface area (Å²) in [6, 6.07) is 7.58. The summed E-state index contributed by atoms with van der Waals surface area (Å²) in [5.41, 5.74) is 3.02. The van der Waals surface area contributed by atoms with Gasteiger partial charge < -0.3 is 25.0 Å². The maximum Gasteiger partial charge on any atom is 0.252 e. The van der Waals surface area contributed by atoms with Crippen LogP contribution in [-0.4, -0.2) is 62.1 Å². The molecule has 0 saturated carbocycles.